The van der Waals surface area contributed by atoms with E-state index in [1.165, 1.54) is 5.56 Å². The smallest absolute Gasteiger partial charge is 0.315 e. The molecule has 20 heavy (non-hydrogen) atoms. The lowest BCUT2D eigenvalue weighted by molar-refractivity contribution is 0.200. The van der Waals surface area contributed by atoms with Crippen LogP contribution in [0.15, 0.2) is 24.3 Å². The largest absolute Gasteiger partial charge is 0.396 e. The number of hydrogen-bond acceptors (Lipinski definition) is 2. The lowest BCUT2D eigenvalue weighted by Gasteiger charge is -2.25. The molecule has 4 heteroatoms. The summed E-state index contributed by atoms with van der Waals surface area (Å²) >= 11 is 0. The number of carbonyl (C=O) groups is 1. The van der Waals surface area contributed by atoms with E-state index < -0.39 is 0 Å². The number of aliphatic hydroxyl groups is 1. The maximum absolute atomic E-state index is 11.9. The van der Waals surface area contributed by atoms with Gasteiger partial charge in [0.25, 0.3) is 0 Å². The summed E-state index contributed by atoms with van der Waals surface area (Å²) in [6.45, 7) is 8.73. The average molecular weight is 278 g/mol. The minimum atomic E-state index is -0.174. The van der Waals surface area contributed by atoms with E-state index in [2.05, 4.69) is 10.6 Å². The standard InChI is InChI=1S/C16H26N2O2/c1-12-7-5-6-8-14(12)13(2)18-15(20)17-11-16(3,4)9-10-19/h5-8,13,19H,9-11H2,1-4H3,(H2,17,18,20). The maximum atomic E-state index is 11.9. The Morgan fingerprint density at radius 2 is 2.00 bits per heavy atom. The highest BCUT2D eigenvalue weighted by atomic mass is 16.3. The van der Waals surface area contributed by atoms with Gasteiger partial charge >= 0.3 is 6.03 Å². The van der Waals surface area contributed by atoms with Crippen LogP contribution in [0.25, 0.3) is 0 Å². The van der Waals surface area contributed by atoms with Gasteiger partial charge < -0.3 is 15.7 Å². The molecule has 1 unspecified atom stereocenters. The molecule has 0 aromatic heterocycles. The Morgan fingerprint density at radius 1 is 1.35 bits per heavy atom. The first-order valence-corrected chi connectivity index (χ1v) is 7.06. The lowest BCUT2D eigenvalue weighted by Crippen LogP contribution is -2.42. The van der Waals surface area contributed by atoms with Crippen molar-refractivity contribution in [2.24, 2.45) is 5.41 Å². The molecule has 0 spiro atoms. The molecule has 4 nitrogen and oxygen atoms in total. The molecule has 112 valence electrons. The normalized spacial score (nSPS) is 12.8. The Kier molecular flexibility index (Phi) is 6.02. The van der Waals surface area contributed by atoms with Gasteiger partial charge in [0.2, 0.25) is 0 Å². The summed E-state index contributed by atoms with van der Waals surface area (Å²) in [6.07, 6.45) is 0.667. The first kappa shape index (κ1) is 16.5. The molecule has 1 atom stereocenters. The molecular formula is C16H26N2O2. The molecule has 2 amide bonds. The van der Waals surface area contributed by atoms with Gasteiger partial charge in [-0.2, -0.15) is 0 Å². The predicted molar refractivity (Wildman–Crippen MR) is 81.6 cm³/mol. The molecule has 0 heterocycles. The highest BCUT2D eigenvalue weighted by Gasteiger charge is 2.19. The Hall–Kier alpha value is -1.55. The van der Waals surface area contributed by atoms with E-state index in [-0.39, 0.29) is 24.1 Å². The van der Waals surface area contributed by atoms with Crippen LogP contribution in [0.2, 0.25) is 0 Å². The highest BCUT2D eigenvalue weighted by Crippen LogP contribution is 2.18. The van der Waals surface area contributed by atoms with Gasteiger partial charge in [-0.25, -0.2) is 4.79 Å². The van der Waals surface area contributed by atoms with Gasteiger partial charge in [0.1, 0.15) is 0 Å². The fraction of sp³-hybridized carbons (Fsp3) is 0.562. The maximum Gasteiger partial charge on any atom is 0.315 e. The summed E-state index contributed by atoms with van der Waals surface area (Å²) in [4.78, 5) is 11.9. The van der Waals surface area contributed by atoms with E-state index in [0.29, 0.717) is 13.0 Å². The van der Waals surface area contributed by atoms with E-state index in [4.69, 9.17) is 5.11 Å². The van der Waals surface area contributed by atoms with Crippen molar-refractivity contribution in [3.63, 3.8) is 0 Å². The van der Waals surface area contributed by atoms with Crippen molar-refractivity contribution >= 4 is 6.03 Å². The molecule has 0 aliphatic rings. The third-order valence-corrected chi connectivity index (χ3v) is 3.52. The van der Waals surface area contributed by atoms with Crippen molar-refractivity contribution < 1.29 is 9.90 Å². The lowest BCUT2D eigenvalue weighted by atomic mass is 9.90. The van der Waals surface area contributed by atoms with Crippen LogP contribution in [-0.2, 0) is 0 Å². The van der Waals surface area contributed by atoms with Gasteiger partial charge in [-0.1, -0.05) is 38.1 Å². The number of amides is 2. The number of nitrogens with one attached hydrogen (secondary N) is 2. The fourth-order valence-corrected chi connectivity index (χ4v) is 2.11. The summed E-state index contributed by atoms with van der Waals surface area (Å²) < 4.78 is 0. The van der Waals surface area contributed by atoms with Crippen molar-refractivity contribution in [1.29, 1.82) is 0 Å². The molecule has 1 aromatic rings. The Labute approximate surface area is 121 Å². The molecular weight excluding hydrogens is 252 g/mol. The van der Waals surface area contributed by atoms with Crippen molar-refractivity contribution in [2.45, 2.75) is 40.2 Å². The molecule has 3 N–H and O–H groups in total. The number of benzene rings is 1. The predicted octanol–water partition coefficient (Wildman–Crippen LogP) is 2.76. The van der Waals surface area contributed by atoms with Gasteiger partial charge in [-0.15, -0.1) is 0 Å². The number of urea groups is 1. The fourth-order valence-electron chi connectivity index (χ4n) is 2.11. The molecule has 0 aliphatic heterocycles. The minimum Gasteiger partial charge on any atom is -0.396 e. The van der Waals surface area contributed by atoms with Crippen LogP contribution in [0.1, 0.15) is 44.4 Å². The van der Waals surface area contributed by atoms with Crippen LogP contribution in [-0.4, -0.2) is 24.3 Å². The summed E-state index contributed by atoms with van der Waals surface area (Å²) in [5.41, 5.74) is 2.19. The van der Waals surface area contributed by atoms with Gasteiger partial charge in [-0.05, 0) is 36.8 Å². The van der Waals surface area contributed by atoms with Gasteiger partial charge in [-0.3, -0.25) is 0 Å². The number of aliphatic hydroxyl groups excluding tert-OH is 1. The second kappa shape index (κ2) is 7.29. The number of hydrogen-bond donors (Lipinski definition) is 3. The molecule has 0 saturated carbocycles. The highest BCUT2D eigenvalue weighted by molar-refractivity contribution is 5.74. The van der Waals surface area contributed by atoms with Crippen LogP contribution in [0, 0.1) is 12.3 Å². The molecule has 0 aliphatic carbocycles. The average Bonchev–Trinajstić information content (AvgIpc) is 2.37. The third-order valence-electron chi connectivity index (χ3n) is 3.52. The minimum absolute atomic E-state index is 0.0304. The van der Waals surface area contributed by atoms with Crippen molar-refractivity contribution in [3.05, 3.63) is 35.4 Å². The van der Waals surface area contributed by atoms with Gasteiger partial charge in [0.05, 0.1) is 6.04 Å². The van der Waals surface area contributed by atoms with Crippen molar-refractivity contribution in [2.75, 3.05) is 13.2 Å². The molecule has 1 rings (SSSR count). The van der Waals surface area contributed by atoms with E-state index in [0.717, 1.165) is 5.56 Å². The van der Waals surface area contributed by atoms with Crippen LogP contribution in [0.4, 0.5) is 4.79 Å². The summed E-state index contributed by atoms with van der Waals surface area (Å²) in [6, 6.07) is 7.82. The van der Waals surface area contributed by atoms with Crippen LogP contribution < -0.4 is 10.6 Å². The van der Waals surface area contributed by atoms with E-state index in [1.54, 1.807) is 0 Å². The third kappa shape index (κ3) is 5.21. The number of aryl methyl sites for hydroxylation is 1. The van der Waals surface area contributed by atoms with E-state index in [1.807, 2.05) is 52.0 Å². The zero-order valence-electron chi connectivity index (χ0n) is 12.9. The first-order valence-electron chi connectivity index (χ1n) is 7.06. The van der Waals surface area contributed by atoms with Crippen LogP contribution >= 0.6 is 0 Å². The summed E-state index contributed by atoms with van der Waals surface area (Å²) in [7, 11) is 0. The van der Waals surface area contributed by atoms with Crippen molar-refractivity contribution in [1.82, 2.24) is 10.6 Å². The Balaban J connectivity index is 2.49. The van der Waals surface area contributed by atoms with E-state index in [9.17, 15) is 4.79 Å². The molecule has 0 bridgehead atoms. The quantitative estimate of drug-likeness (QED) is 0.749. The number of rotatable bonds is 6. The second-order valence-corrected chi connectivity index (χ2v) is 6.04. The zero-order chi connectivity index (χ0) is 15.2. The van der Waals surface area contributed by atoms with Gasteiger partial charge in [0, 0.05) is 13.2 Å². The molecule has 0 radical (unpaired) electrons. The first-order chi connectivity index (χ1) is 9.35. The zero-order valence-corrected chi connectivity index (χ0v) is 12.9. The number of carbonyl (C=O) groups excluding carboxylic acids is 1. The topological polar surface area (TPSA) is 61.4 Å². The summed E-state index contributed by atoms with van der Waals surface area (Å²) in [5.74, 6) is 0. The Morgan fingerprint density at radius 3 is 2.60 bits per heavy atom. The second-order valence-electron chi connectivity index (χ2n) is 6.04. The molecule has 0 fully saturated rings. The monoisotopic (exact) mass is 278 g/mol. The van der Waals surface area contributed by atoms with E-state index >= 15 is 0 Å². The van der Waals surface area contributed by atoms with Crippen LogP contribution in [0.5, 0.6) is 0 Å². The van der Waals surface area contributed by atoms with Crippen molar-refractivity contribution in [3.8, 4) is 0 Å². The Bertz CT molecular complexity index is 444. The van der Waals surface area contributed by atoms with Gasteiger partial charge in [0.15, 0.2) is 0 Å². The molecule has 0 saturated heterocycles. The molecule has 1 aromatic carbocycles. The van der Waals surface area contributed by atoms with Crippen LogP contribution in [0.3, 0.4) is 0 Å². The summed E-state index contributed by atoms with van der Waals surface area (Å²) in [5, 5.41) is 14.8. The SMILES string of the molecule is Cc1ccccc1C(C)NC(=O)NCC(C)(C)CCO.